The van der Waals surface area contributed by atoms with Crippen molar-refractivity contribution in [1.29, 1.82) is 0 Å². The smallest absolute Gasteiger partial charge is 0.338 e. The van der Waals surface area contributed by atoms with E-state index in [2.05, 4.69) is 26.3 Å². The zero-order valence-corrected chi connectivity index (χ0v) is 35.3. The third-order valence-corrected chi connectivity index (χ3v) is 8.14. The van der Waals surface area contributed by atoms with Gasteiger partial charge in [0.15, 0.2) is 0 Å². The Morgan fingerprint density at radius 1 is 0.365 bits per heavy atom. The zero-order chi connectivity index (χ0) is 46.6. The number of hydrogen-bond donors (Lipinski definition) is 0. The van der Waals surface area contributed by atoms with E-state index in [4.69, 9.17) is 37.9 Å². The third-order valence-electron chi connectivity index (χ3n) is 8.14. The van der Waals surface area contributed by atoms with Gasteiger partial charge >= 0.3 is 47.8 Å². The first-order valence-corrected chi connectivity index (χ1v) is 19.3. The Morgan fingerprint density at radius 2 is 0.619 bits per heavy atom. The van der Waals surface area contributed by atoms with Gasteiger partial charge in [-0.15, -0.1) is 0 Å². The minimum absolute atomic E-state index is 0.0541. The van der Waals surface area contributed by atoms with Crippen molar-refractivity contribution < 1.29 is 76.3 Å². The van der Waals surface area contributed by atoms with Gasteiger partial charge in [-0.25, -0.2) is 38.4 Å². The number of carbonyl (C=O) groups excluding carboxylic acids is 8. The van der Waals surface area contributed by atoms with E-state index in [1.54, 1.807) is 27.7 Å². The lowest BCUT2D eigenvalue weighted by molar-refractivity contribution is -0.139. The summed E-state index contributed by atoms with van der Waals surface area (Å²) in [5, 5.41) is 0. The van der Waals surface area contributed by atoms with Gasteiger partial charge in [0.25, 0.3) is 0 Å². The molecular weight excluding hydrogens is 822 g/mol. The second-order valence-electron chi connectivity index (χ2n) is 12.8. The molecule has 0 N–H and O–H groups in total. The van der Waals surface area contributed by atoms with Crippen LogP contribution in [0.5, 0.6) is 0 Å². The monoisotopic (exact) mass is 869 g/mol. The fourth-order valence-corrected chi connectivity index (χ4v) is 5.03. The predicted octanol–water partition coefficient (Wildman–Crippen LogP) is 6.26. The average Bonchev–Trinajstić information content (AvgIpc) is 3.28. The predicted molar refractivity (Wildman–Crippen MR) is 225 cm³/mol. The highest BCUT2D eigenvalue weighted by Gasteiger charge is 2.23. The molecule has 0 spiro atoms. The first-order chi connectivity index (χ1) is 30.0. The van der Waals surface area contributed by atoms with Gasteiger partial charge in [-0.1, -0.05) is 26.3 Å². The third kappa shape index (κ3) is 14.7. The molecule has 3 aromatic carbocycles. The van der Waals surface area contributed by atoms with Crippen LogP contribution in [-0.4, -0.2) is 101 Å². The largest absolute Gasteiger partial charge is 0.463 e. The summed E-state index contributed by atoms with van der Waals surface area (Å²) in [5.41, 5.74) is 0.0711. The van der Waals surface area contributed by atoms with Crippen LogP contribution in [0, 0.1) is 0 Å². The van der Waals surface area contributed by atoms with Crippen LogP contribution < -0.4 is 4.90 Å². The summed E-state index contributed by atoms with van der Waals surface area (Å²) >= 11 is 0. The number of esters is 8. The molecular formula is C46H47NO16. The number of benzene rings is 3. The van der Waals surface area contributed by atoms with Gasteiger partial charge in [0.05, 0.1) is 71.0 Å². The SMILES string of the molecule is C=C(COC(=O)c1ccc(N(c2ccc(C(=O)OCC(=C)C(=O)OCC)cc2)c2cc(C(=O)OCC(=C)C(=O)OCC)cc(C(=O)OCC(=C)C(=O)OCC)c2)cc1)C(=O)OCC. The van der Waals surface area contributed by atoms with E-state index in [-0.39, 0.29) is 76.7 Å². The molecule has 0 heterocycles. The molecule has 3 rings (SSSR count). The molecule has 17 nitrogen and oxygen atoms in total. The van der Waals surface area contributed by atoms with Crippen LogP contribution in [-0.2, 0) is 57.1 Å². The molecule has 0 radical (unpaired) electrons. The number of anilines is 3. The topological polar surface area (TPSA) is 214 Å². The van der Waals surface area contributed by atoms with Crippen LogP contribution in [0.1, 0.15) is 69.1 Å². The van der Waals surface area contributed by atoms with Crippen molar-refractivity contribution in [2.24, 2.45) is 0 Å². The Balaban J connectivity index is 2.12. The lowest BCUT2D eigenvalue weighted by atomic mass is 10.1. The minimum atomic E-state index is -0.989. The molecule has 0 saturated heterocycles. The first kappa shape index (κ1) is 49.5. The van der Waals surface area contributed by atoms with Crippen LogP contribution in [0.15, 0.2) is 115 Å². The molecule has 0 amide bonds. The summed E-state index contributed by atoms with van der Waals surface area (Å²) in [7, 11) is 0. The van der Waals surface area contributed by atoms with E-state index in [0.717, 1.165) is 0 Å². The number of hydrogen-bond acceptors (Lipinski definition) is 17. The minimum Gasteiger partial charge on any atom is -0.463 e. The fourth-order valence-electron chi connectivity index (χ4n) is 5.03. The summed E-state index contributed by atoms with van der Waals surface area (Å²) < 4.78 is 40.8. The Hall–Kier alpha value is -7.82. The molecule has 0 aliphatic heterocycles. The summed E-state index contributed by atoms with van der Waals surface area (Å²) in [4.78, 5) is 103. The number of rotatable bonds is 23. The molecule has 0 saturated carbocycles. The average molecular weight is 870 g/mol. The Bertz CT molecular complexity index is 2100. The maximum Gasteiger partial charge on any atom is 0.338 e. The van der Waals surface area contributed by atoms with Crippen molar-refractivity contribution >= 4 is 64.8 Å². The van der Waals surface area contributed by atoms with Gasteiger partial charge in [-0.2, -0.15) is 0 Å². The van der Waals surface area contributed by atoms with Gasteiger partial charge in [0.1, 0.15) is 26.4 Å². The molecule has 0 fully saturated rings. The maximum atomic E-state index is 13.6. The highest BCUT2D eigenvalue weighted by Crippen LogP contribution is 2.36. The Morgan fingerprint density at radius 3 is 0.873 bits per heavy atom. The molecule has 0 bridgehead atoms. The molecule has 3 aromatic rings. The van der Waals surface area contributed by atoms with E-state index in [0.29, 0.717) is 11.4 Å². The molecule has 0 aromatic heterocycles. The fraction of sp³-hybridized carbons (Fsp3) is 0.261. The van der Waals surface area contributed by atoms with Crippen molar-refractivity contribution in [3.8, 4) is 0 Å². The normalized spacial score (nSPS) is 10.2. The standard InChI is InChI=1S/C46H47NO16/c1-9-56-39(48)28(5)24-60-43(52)32-13-17-36(18-14-32)47(37-19-15-33(16-20-37)44(53)61-25-29(6)40(49)57-10-2)38-22-34(45(54)62-26-30(7)41(50)58-11-3)21-35(23-38)46(55)63-27-31(8)42(51)59-12-4/h13-23H,5-12,24-27H2,1-4H3. The van der Waals surface area contributed by atoms with E-state index in [9.17, 15) is 38.4 Å². The number of carbonyl (C=O) groups is 8. The van der Waals surface area contributed by atoms with Crippen LogP contribution in [0.3, 0.4) is 0 Å². The van der Waals surface area contributed by atoms with Crippen molar-refractivity contribution in [3.05, 3.63) is 138 Å². The van der Waals surface area contributed by atoms with Gasteiger partial charge in [-0.3, -0.25) is 0 Å². The van der Waals surface area contributed by atoms with Crippen LogP contribution in [0.25, 0.3) is 0 Å². The Kier molecular flexibility index (Phi) is 19.2. The molecule has 17 heteroatoms. The second-order valence-corrected chi connectivity index (χ2v) is 12.8. The lowest BCUT2D eigenvalue weighted by Gasteiger charge is -2.26. The summed E-state index contributed by atoms with van der Waals surface area (Å²) in [6, 6.07) is 15.6. The molecule has 332 valence electrons. The highest BCUT2D eigenvalue weighted by atomic mass is 16.6. The second kappa shape index (κ2) is 24.4. The van der Waals surface area contributed by atoms with Crippen molar-refractivity contribution in [3.63, 3.8) is 0 Å². The van der Waals surface area contributed by atoms with Crippen LogP contribution >= 0.6 is 0 Å². The van der Waals surface area contributed by atoms with E-state index in [1.807, 2.05) is 0 Å². The van der Waals surface area contributed by atoms with Gasteiger partial charge in [0, 0.05) is 17.1 Å². The Labute approximate surface area is 363 Å². The van der Waals surface area contributed by atoms with Crippen molar-refractivity contribution in [1.82, 2.24) is 0 Å². The van der Waals surface area contributed by atoms with Crippen molar-refractivity contribution in [2.75, 3.05) is 57.8 Å². The molecule has 0 aliphatic rings. The molecule has 0 atom stereocenters. The zero-order valence-electron chi connectivity index (χ0n) is 35.3. The maximum absolute atomic E-state index is 13.6. The van der Waals surface area contributed by atoms with Crippen LogP contribution in [0.2, 0.25) is 0 Å². The van der Waals surface area contributed by atoms with E-state index < -0.39 is 74.2 Å². The van der Waals surface area contributed by atoms with E-state index in [1.165, 1.54) is 71.6 Å². The van der Waals surface area contributed by atoms with Crippen LogP contribution in [0.4, 0.5) is 17.1 Å². The first-order valence-electron chi connectivity index (χ1n) is 19.3. The van der Waals surface area contributed by atoms with Gasteiger partial charge < -0.3 is 42.8 Å². The molecule has 0 unspecified atom stereocenters. The summed E-state index contributed by atoms with van der Waals surface area (Å²) in [6.45, 7) is 19.1. The molecule has 0 aliphatic carbocycles. The number of nitrogens with zero attached hydrogens (tertiary/aromatic N) is 1. The van der Waals surface area contributed by atoms with Gasteiger partial charge in [0.2, 0.25) is 0 Å². The quantitative estimate of drug-likeness (QED) is 0.0584. The molecule has 63 heavy (non-hydrogen) atoms. The number of ether oxygens (including phenoxy) is 8. The van der Waals surface area contributed by atoms with Gasteiger partial charge in [-0.05, 0) is 94.4 Å². The lowest BCUT2D eigenvalue weighted by Crippen LogP contribution is -2.18. The summed E-state index contributed by atoms with van der Waals surface area (Å²) in [5.74, 6) is -6.59. The summed E-state index contributed by atoms with van der Waals surface area (Å²) in [6.07, 6.45) is 0. The highest BCUT2D eigenvalue weighted by molar-refractivity contribution is 6.00. The van der Waals surface area contributed by atoms with Crippen molar-refractivity contribution in [2.45, 2.75) is 27.7 Å². The van der Waals surface area contributed by atoms with E-state index >= 15 is 0 Å².